The minimum atomic E-state index is -0.482. The maximum absolute atomic E-state index is 11.0. The molecule has 0 saturated carbocycles. The van der Waals surface area contributed by atoms with E-state index < -0.39 is 5.24 Å². The lowest BCUT2D eigenvalue weighted by Crippen LogP contribution is -1.91. The van der Waals surface area contributed by atoms with Crippen molar-refractivity contribution in [2.75, 3.05) is 0 Å². The van der Waals surface area contributed by atoms with Crippen LogP contribution in [0.4, 0.5) is 0 Å². The van der Waals surface area contributed by atoms with Crippen molar-refractivity contribution in [3.63, 3.8) is 0 Å². The Bertz CT molecular complexity index is 523. The predicted molar refractivity (Wildman–Crippen MR) is 69.3 cm³/mol. The van der Waals surface area contributed by atoms with E-state index in [9.17, 15) is 4.79 Å². The van der Waals surface area contributed by atoms with Crippen molar-refractivity contribution >= 4 is 29.5 Å². The monoisotopic (exact) mass is 248 g/mol. The van der Waals surface area contributed by atoms with Gasteiger partial charge in [0.05, 0.1) is 0 Å². The van der Waals surface area contributed by atoms with Gasteiger partial charge in [-0.2, -0.15) is 0 Å². The molecule has 80 valence electrons. The van der Waals surface area contributed by atoms with E-state index in [1.807, 2.05) is 42.5 Å². The van der Waals surface area contributed by atoms with E-state index in [1.54, 1.807) is 6.07 Å². The smallest absolute Gasteiger partial charge is 0.253 e. The number of hydrogen-bond donors (Lipinski definition) is 1. The van der Waals surface area contributed by atoms with Crippen LogP contribution in [0, 0.1) is 0 Å². The van der Waals surface area contributed by atoms with Crippen molar-refractivity contribution in [1.29, 1.82) is 0 Å². The lowest BCUT2D eigenvalue weighted by molar-refractivity contribution is 0.107. The molecule has 0 aromatic heterocycles. The van der Waals surface area contributed by atoms with Crippen LogP contribution < -0.4 is 0 Å². The van der Waals surface area contributed by atoms with Gasteiger partial charge in [0.2, 0.25) is 0 Å². The second kappa shape index (κ2) is 4.73. The standard InChI is InChI=1S/C13H9ClOS/c14-13(15)11-7-6-10(8-12(11)16)9-4-2-1-3-5-9/h1-8,16H. The summed E-state index contributed by atoms with van der Waals surface area (Å²) in [6.07, 6.45) is 0. The van der Waals surface area contributed by atoms with Gasteiger partial charge < -0.3 is 0 Å². The number of rotatable bonds is 2. The van der Waals surface area contributed by atoms with Crippen LogP contribution in [0.5, 0.6) is 0 Å². The van der Waals surface area contributed by atoms with Gasteiger partial charge in [-0.15, -0.1) is 12.6 Å². The maximum Gasteiger partial charge on any atom is 0.253 e. The van der Waals surface area contributed by atoms with Gasteiger partial charge in [-0.3, -0.25) is 4.79 Å². The van der Waals surface area contributed by atoms with Gasteiger partial charge in [-0.25, -0.2) is 0 Å². The molecule has 0 bridgehead atoms. The highest BCUT2D eigenvalue weighted by Crippen LogP contribution is 2.25. The molecule has 0 amide bonds. The van der Waals surface area contributed by atoms with Crippen molar-refractivity contribution in [3.8, 4) is 11.1 Å². The van der Waals surface area contributed by atoms with E-state index in [0.29, 0.717) is 10.5 Å². The number of carbonyl (C=O) groups excluding carboxylic acids is 1. The molecule has 3 heteroatoms. The molecule has 0 heterocycles. The van der Waals surface area contributed by atoms with Crippen LogP contribution in [0.1, 0.15) is 10.4 Å². The lowest BCUT2D eigenvalue weighted by Gasteiger charge is -2.04. The molecule has 1 nitrogen and oxygen atoms in total. The summed E-state index contributed by atoms with van der Waals surface area (Å²) in [6.45, 7) is 0. The van der Waals surface area contributed by atoms with E-state index in [1.165, 1.54) is 0 Å². The number of thiol groups is 1. The quantitative estimate of drug-likeness (QED) is 0.628. The summed E-state index contributed by atoms with van der Waals surface area (Å²) in [4.78, 5) is 11.6. The van der Waals surface area contributed by atoms with Crippen LogP contribution >= 0.6 is 24.2 Å². The first-order chi connectivity index (χ1) is 7.68. The Hall–Kier alpha value is -1.25. The van der Waals surface area contributed by atoms with Gasteiger partial charge in [-0.1, -0.05) is 36.4 Å². The summed E-state index contributed by atoms with van der Waals surface area (Å²) in [7, 11) is 0. The molecule has 0 aliphatic carbocycles. The van der Waals surface area contributed by atoms with Crippen LogP contribution in [0.25, 0.3) is 11.1 Å². The van der Waals surface area contributed by atoms with E-state index in [4.69, 9.17) is 11.6 Å². The summed E-state index contributed by atoms with van der Waals surface area (Å²) in [5.74, 6) is 0. The first-order valence-corrected chi connectivity index (χ1v) is 5.59. The van der Waals surface area contributed by atoms with E-state index in [0.717, 1.165) is 11.1 Å². The molecule has 0 aliphatic heterocycles. The Kier molecular flexibility index (Phi) is 3.32. The largest absolute Gasteiger partial charge is 0.276 e. The second-order valence-electron chi connectivity index (χ2n) is 3.37. The molecule has 0 unspecified atom stereocenters. The number of benzene rings is 2. The van der Waals surface area contributed by atoms with Gasteiger partial charge in [0.1, 0.15) is 0 Å². The van der Waals surface area contributed by atoms with E-state index in [2.05, 4.69) is 12.6 Å². The van der Waals surface area contributed by atoms with Crippen LogP contribution in [0.15, 0.2) is 53.4 Å². The van der Waals surface area contributed by atoms with Crippen LogP contribution in [0.2, 0.25) is 0 Å². The second-order valence-corrected chi connectivity index (χ2v) is 4.20. The van der Waals surface area contributed by atoms with Gasteiger partial charge in [0.15, 0.2) is 0 Å². The molecule has 2 aromatic carbocycles. The van der Waals surface area contributed by atoms with Gasteiger partial charge in [0.25, 0.3) is 5.24 Å². The molecule has 0 radical (unpaired) electrons. The number of halogens is 1. The zero-order valence-electron chi connectivity index (χ0n) is 8.35. The minimum Gasteiger partial charge on any atom is -0.276 e. The zero-order valence-corrected chi connectivity index (χ0v) is 10.0. The van der Waals surface area contributed by atoms with Crippen molar-refractivity contribution in [3.05, 3.63) is 54.1 Å². The van der Waals surface area contributed by atoms with E-state index in [-0.39, 0.29) is 0 Å². The fourth-order valence-electron chi connectivity index (χ4n) is 1.51. The third kappa shape index (κ3) is 2.29. The highest BCUT2D eigenvalue weighted by Gasteiger charge is 2.07. The zero-order chi connectivity index (χ0) is 11.5. The molecule has 0 atom stereocenters. The number of carbonyl (C=O) groups is 1. The van der Waals surface area contributed by atoms with Crippen molar-refractivity contribution < 1.29 is 4.79 Å². The Morgan fingerprint density at radius 2 is 1.69 bits per heavy atom. The average molecular weight is 249 g/mol. The van der Waals surface area contributed by atoms with Gasteiger partial charge in [-0.05, 0) is 34.9 Å². The minimum absolute atomic E-state index is 0.435. The highest BCUT2D eigenvalue weighted by molar-refractivity contribution is 7.80. The van der Waals surface area contributed by atoms with Crippen LogP contribution in [-0.2, 0) is 0 Å². The SMILES string of the molecule is O=C(Cl)c1ccc(-c2ccccc2)cc1S. The molecule has 0 saturated heterocycles. The summed E-state index contributed by atoms with van der Waals surface area (Å²) in [5.41, 5.74) is 2.54. The molecule has 2 rings (SSSR count). The van der Waals surface area contributed by atoms with Crippen molar-refractivity contribution in [1.82, 2.24) is 0 Å². The molecule has 0 N–H and O–H groups in total. The molecule has 0 spiro atoms. The fraction of sp³-hybridized carbons (Fsp3) is 0. The first kappa shape index (κ1) is 11.2. The third-order valence-corrected chi connectivity index (χ3v) is 2.89. The molecular weight excluding hydrogens is 240 g/mol. The predicted octanol–water partition coefficient (Wildman–Crippen LogP) is 4.02. The Morgan fingerprint density at radius 1 is 1.00 bits per heavy atom. The summed E-state index contributed by atoms with van der Waals surface area (Å²) < 4.78 is 0. The Balaban J connectivity index is 2.46. The van der Waals surface area contributed by atoms with Crippen molar-refractivity contribution in [2.45, 2.75) is 4.90 Å². The molecule has 0 aliphatic rings. The topological polar surface area (TPSA) is 17.1 Å². The molecule has 16 heavy (non-hydrogen) atoms. The Labute approximate surface area is 104 Å². The summed E-state index contributed by atoms with van der Waals surface area (Å²) >= 11 is 9.67. The third-order valence-electron chi connectivity index (χ3n) is 2.32. The summed E-state index contributed by atoms with van der Waals surface area (Å²) in [5, 5.41) is -0.482. The average Bonchev–Trinajstić information content (AvgIpc) is 2.29. The highest BCUT2D eigenvalue weighted by atomic mass is 35.5. The maximum atomic E-state index is 11.0. The Morgan fingerprint density at radius 3 is 2.25 bits per heavy atom. The first-order valence-electron chi connectivity index (χ1n) is 4.77. The fourth-order valence-corrected chi connectivity index (χ4v) is 2.05. The molecule has 2 aromatic rings. The van der Waals surface area contributed by atoms with Gasteiger partial charge in [0, 0.05) is 10.5 Å². The normalized spacial score (nSPS) is 10.1. The van der Waals surface area contributed by atoms with Crippen LogP contribution in [-0.4, -0.2) is 5.24 Å². The summed E-state index contributed by atoms with van der Waals surface area (Å²) in [6, 6.07) is 15.3. The van der Waals surface area contributed by atoms with Crippen molar-refractivity contribution in [2.24, 2.45) is 0 Å². The van der Waals surface area contributed by atoms with Crippen LogP contribution in [0.3, 0.4) is 0 Å². The van der Waals surface area contributed by atoms with Gasteiger partial charge >= 0.3 is 0 Å². The van der Waals surface area contributed by atoms with E-state index >= 15 is 0 Å². The molecule has 0 fully saturated rings. The number of hydrogen-bond acceptors (Lipinski definition) is 2. The lowest BCUT2D eigenvalue weighted by atomic mass is 10.0. The molecular formula is C13H9ClOS.